The van der Waals surface area contributed by atoms with Crippen LogP contribution in [-0.4, -0.2) is 26.2 Å². The van der Waals surface area contributed by atoms with E-state index in [0.717, 1.165) is 99.1 Å². The van der Waals surface area contributed by atoms with Gasteiger partial charge in [-0.25, -0.2) is 0 Å². The van der Waals surface area contributed by atoms with E-state index in [-0.39, 0.29) is 0 Å². The summed E-state index contributed by atoms with van der Waals surface area (Å²) < 4.78 is 0. The Hall–Kier alpha value is -4.78. The van der Waals surface area contributed by atoms with Gasteiger partial charge in [-0.3, -0.25) is 0 Å². The van der Waals surface area contributed by atoms with Crippen LogP contribution in [0.4, 0.5) is 34.1 Å². The molecule has 0 aromatic heterocycles. The van der Waals surface area contributed by atoms with Crippen molar-refractivity contribution in [1.29, 1.82) is 0 Å². The predicted molar refractivity (Wildman–Crippen MR) is 198 cm³/mol. The molecule has 0 atom stereocenters. The Balaban J connectivity index is 0.866. The van der Waals surface area contributed by atoms with Gasteiger partial charge in [0.25, 0.3) is 0 Å². The lowest BCUT2D eigenvalue weighted by Gasteiger charge is -2.11. The van der Waals surface area contributed by atoms with Gasteiger partial charge in [-0.2, -0.15) is 0 Å². The standard InChI is InChI=1S/C40H48N6/c1-3-14-37(15-4-1)45-39-22-18-35(19-23-39)43-28-9-7-26-41-31-33-12-11-13-34(30-33)32-42-27-8-10-29-44-36-20-24-40(25-21-36)46-38-16-5-2-6-17-38/h1-6,11-25,30,41-46H,7-10,26-29,31-32H2. The van der Waals surface area contributed by atoms with E-state index in [9.17, 15) is 0 Å². The van der Waals surface area contributed by atoms with Crippen molar-refractivity contribution in [2.45, 2.75) is 38.8 Å². The van der Waals surface area contributed by atoms with Gasteiger partial charge >= 0.3 is 0 Å². The first-order chi connectivity index (χ1) is 22.8. The lowest BCUT2D eigenvalue weighted by Crippen LogP contribution is -2.17. The first-order valence-electron chi connectivity index (χ1n) is 16.6. The van der Waals surface area contributed by atoms with Gasteiger partial charge in [-0.05, 0) is 123 Å². The highest BCUT2D eigenvalue weighted by atomic mass is 14.9. The van der Waals surface area contributed by atoms with Gasteiger partial charge in [0.2, 0.25) is 0 Å². The number of hydrogen-bond acceptors (Lipinski definition) is 6. The molecule has 6 nitrogen and oxygen atoms in total. The predicted octanol–water partition coefficient (Wildman–Crippen LogP) is 9.14. The SMILES string of the molecule is c1ccc(Nc2ccc(NCCCCNCc3cccc(CNCCCCNc4ccc(Nc5ccccc5)cc4)c3)cc2)cc1. The van der Waals surface area contributed by atoms with Crippen LogP contribution in [0.5, 0.6) is 0 Å². The molecule has 0 aliphatic rings. The number of benzene rings is 5. The number of rotatable bonds is 20. The lowest BCUT2D eigenvalue weighted by molar-refractivity contribution is 0.626. The van der Waals surface area contributed by atoms with Crippen LogP contribution in [0, 0.1) is 0 Å². The quantitative estimate of drug-likeness (QED) is 0.0493. The molecule has 6 heteroatoms. The fourth-order valence-corrected chi connectivity index (χ4v) is 5.25. The fraction of sp³-hybridized carbons (Fsp3) is 0.250. The summed E-state index contributed by atoms with van der Waals surface area (Å²) in [5, 5.41) is 21.1. The van der Waals surface area contributed by atoms with E-state index in [0.29, 0.717) is 0 Å². The molecule has 5 rings (SSSR count). The van der Waals surface area contributed by atoms with Crippen molar-refractivity contribution in [2.75, 3.05) is 47.4 Å². The molecule has 0 radical (unpaired) electrons. The first-order valence-corrected chi connectivity index (χ1v) is 16.6. The highest BCUT2D eigenvalue weighted by Gasteiger charge is 2.00. The molecule has 0 bridgehead atoms. The zero-order valence-electron chi connectivity index (χ0n) is 26.8. The average molecular weight is 613 g/mol. The summed E-state index contributed by atoms with van der Waals surface area (Å²) in [6, 6.07) is 46.4. The molecule has 238 valence electrons. The summed E-state index contributed by atoms with van der Waals surface area (Å²) >= 11 is 0. The molecular formula is C40H48N6. The van der Waals surface area contributed by atoms with Crippen LogP contribution in [0.3, 0.4) is 0 Å². The highest BCUT2D eigenvalue weighted by Crippen LogP contribution is 2.20. The molecule has 6 N–H and O–H groups in total. The largest absolute Gasteiger partial charge is 0.385 e. The van der Waals surface area contributed by atoms with Gasteiger partial charge in [-0.15, -0.1) is 0 Å². The minimum Gasteiger partial charge on any atom is -0.385 e. The van der Waals surface area contributed by atoms with E-state index in [4.69, 9.17) is 0 Å². The smallest absolute Gasteiger partial charge is 0.0385 e. The maximum absolute atomic E-state index is 3.61. The number of hydrogen-bond donors (Lipinski definition) is 6. The Morgan fingerprint density at radius 2 is 0.696 bits per heavy atom. The van der Waals surface area contributed by atoms with Gasteiger partial charge in [0.05, 0.1) is 0 Å². The van der Waals surface area contributed by atoms with Crippen molar-refractivity contribution in [2.24, 2.45) is 0 Å². The van der Waals surface area contributed by atoms with Crippen LogP contribution >= 0.6 is 0 Å². The summed E-state index contributed by atoms with van der Waals surface area (Å²) in [5.74, 6) is 0. The summed E-state index contributed by atoms with van der Waals surface area (Å²) in [6.45, 7) is 5.81. The fourth-order valence-electron chi connectivity index (χ4n) is 5.25. The number of nitrogens with one attached hydrogen (secondary N) is 6. The van der Waals surface area contributed by atoms with E-state index >= 15 is 0 Å². The molecule has 0 saturated heterocycles. The minimum absolute atomic E-state index is 0.909. The van der Waals surface area contributed by atoms with Crippen molar-refractivity contribution >= 4 is 34.1 Å². The van der Waals surface area contributed by atoms with Crippen LogP contribution in [0.1, 0.15) is 36.8 Å². The van der Waals surface area contributed by atoms with E-state index in [1.807, 2.05) is 36.4 Å². The van der Waals surface area contributed by atoms with Gasteiger partial charge in [-0.1, -0.05) is 60.7 Å². The van der Waals surface area contributed by atoms with E-state index in [1.165, 1.54) is 11.1 Å². The molecule has 0 amide bonds. The lowest BCUT2D eigenvalue weighted by atomic mass is 10.1. The van der Waals surface area contributed by atoms with Crippen molar-refractivity contribution < 1.29 is 0 Å². The van der Waals surface area contributed by atoms with Gasteiger partial charge < -0.3 is 31.9 Å². The van der Waals surface area contributed by atoms with Crippen molar-refractivity contribution in [1.82, 2.24) is 10.6 Å². The molecule has 46 heavy (non-hydrogen) atoms. The Labute approximate surface area is 275 Å². The third-order valence-electron chi connectivity index (χ3n) is 7.76. The topological polar surface area (TPSA) is 72.2 Å². The number of unbranched alkanes of at least 4 members (excludes halogenated alkanes) is 2. The van der Waals surface area contributed by atoms with Crippen LogP contribution in [0.25, 0.3) is 0 Å². The molecule has 5 aromatic carbocycles. The zero-order valence-corrected chi connectivity index (χ0v) is 26.8. The second-order valence-electron chi connectivity index (χ2n) is 11.6. The summed E-state index contributed by atoms with van der Waals surface area (Å²) in [5.41, 5.74) is 9.40. The molecule has 0 aliphatic heterocycles. The van der Waals surface area contributed by atoms with Crippen molar-refractivity contribution in [3.8, 4) is 0 Å². The third kappa shape index (κ3) is 12.0. The average Bonchev–Trinajstić information content (AvgIpc) is 3.10. The Bertz CT molecular complexity index is 1410. The van der Waals surface area contributed by atoms with Crippen molar-refractivity contribution in [3.63, 3.8) is 0 Å². The minimum atomic E-state index is 0.909. The Morgan fingerprint density at radius 1 is 0.326 bits per heavy atom. The number of para-hydroxylation sites is 2. The number of anilines is 6. The Kier molecular flexibility index (Phi) is 13.4. The summed E-state index contributed by atoms with van der Waals surface area (Å²) in [6.07, 6.45) is 4.56. The first kappa shape index (κ1) is 32.6. The van der Waals surface area contributed by atoms with Gasteiger partial charge in [0, 0.05) is 60.3 Å². The molecular weight excluding hydrogens is 564 g/mol. The maximum Gasteiger partial charge on any atom is 0.0385 e. The second kappa shape index (κ2) is 18.9. The zero-order chi connectivity index (χ0) is 31.5. The summed E-state index contributed by atoms with van der Waals surface area (Å²) in [4.78, 5) is 0. The molecule has 0 fully saturated rings. The van der Waals surface area contributed by atoms with Crippen LogP contribution in [0.15, 0.2) is 133 Å². The third-order valence-corrected chi connectivity index (χ3v) is 7.76. The molecule has 0 unspecified atom stereocenters. The monoisotopic (exact) mass is 612 g/mol. The maximum atomic E-state index is 3.61. The Morgan fingerprint density at radius 3 is 1.13 bits per heavy atom. The van der Waals surface area contributed by atoms with E-state index < -0.39 is 0 Å². The van der Waals surface area contributed by atoms with E-state index in [1.54, 1.807) is 0 Å². The van der Waals surface area contributed by atoms with Gasteiger partial charge in [0.15, 0.2) is 0 Å². The van der Waals surface area contributed by atoms with Gasteiger partial charge in [0.1, 0.15) is 0 Å². The molecule has 5 aromatic rings. The normalized spacial score (nSPS) is 10.8. The van der Waals surface area contributed by atoms with E-state index in [2.05, 4.69) is 129 Å². The second-order valence-corrected chi connectivity index (χ2v) is 11.6. The van der Waals surface area contributed by atoms with Crippen molar-refractivity contribution in [3.05, 3.63) is 145 Å². The van der Waals surface area contributed by atoms with Crippen LogP contribution in [-0.2, 0) is 13.1 Å². The molecule has 0 heterocycles. The van der Waals surface area contributed by atoms with Crippen LogP contribution < -0.4 is 31.9 Å². The molecule has 0 saturated carbocycles. The summed E-state index contributed by atoms with van der Waals surface area (Å²) in [7, 11) is 0. The highest BCUT2D eigenvalue weighted by molar-refractivity contribution is 5.63. The molecule has 0 spiro atoms. The molecule has 0 aliphatic carbocycles. The van der Waals surface area contributed by atoms with Crippen LogP contribution in [0.2, 0.25) is 0 Å².